The van der Waals surface area contributed by atoms with Crippen LogP contribution in [-0.2, 0) is 0 Å². The highest BCUT2D eigenvalue weighted by molar-refractivity contribution is 5.18. The number of aliphatic hydroxyl groups is 1. The quantitative estimate of drug-likeness (QED) is 0.777. The van der Waals surface area contributed by atoms with Crippen molar-refractivity contribution in [2.24, 2.45) is 5.41 Å². The van der Waals surface area contributed by atoms with Crippen LogP contribution in [0.2, 0.25) is 0 Å². The zero-order valence-corrected chi connectivity index (χ0v) is 9.83. The normalized spacial score (nSPS) is 13.9. The van der Waals surface area contributed by atoms with Gasteiger partial charge >= 0.3 is 0 Å². The van der Waals surface area contributed by atoms with Gasteiger partial charge in [-0.2, -0.15) is 0 Å². The summed E-state index contributed by atoms with van der Waals surface area (Å²) in [6.07, 6.45) is 0. The van der Waals surface area contributed by atoms with Gasteiger partial charge in [0.25, 0.3) is 0 Å². The van der Waals surface area contributed by atoms with E-state index in [9.17, 15) is 0 Å². The standard InChI is InChI=1S/C13H21NO/c1-11(12-7-5-4-6-8-12)14-9-13(2,3)10-15/h4-8,11,14-15H,9-10H2,1-3H3/t11-/m0/s1. The molecule has 2 heteroatoms. The topological polar surface area (TPSA) is 32.3 Å². The summed E-state index contributed by atoms with van der Waals surface area (Å²) < 4.78 is 0. The third-order valence-electron chi connectivity index (χ3n) is 2.61. The molecule has 1 atom stereocenters. The predicted octanol–water partition coefficient (Wildman–Crippen LogP) is 2.36. The van der Waals surface area contributed by atoms with Crippen molar-refractivity contribution in [2.45, 2.75) is 26.8 Å². The first kappa shape index (κ1) is 12.2. The van der Waals surface area contributed by atoms with Crippen LogP contribution in [0.25, 0.3) is 0 Å². The van der Waals surface area contributed by atoms with Crippen LogP contribution in [0, 0.1) is 5.41 Å². The first-order chi connectivity index (χ1) is 7.05. The molecule has 1 rings (SSSR count). The minimum Gasteiger partial charge on any atom is -0.396 e. The number of nitrogens with one attached hydrogen (secondary N) is 1. The van der Waals surface area contributed by atoms with Crippen LogP contribution in [0.15, 0.2) is 30.3 Å². The van der Waals surface area contributed by atoms with Gasteiger partial charge in [0.2, 0.25) is 0 Å². The molecule has 0 fully saturated rings. The lowest BCUT2D eigenvalue weighted by molar-refractivity contribution is 0.154. The van der Waals surface area contributed by atoms with Crippen molar-refractivity contribution >= 4 is 0 Å². The summed E-state index contributed by atoms with van der Waals surface area (Å²) in [5, 5.41) is 12.6. The van der Waals surface area contributed by atoms with Gasteiger partial charge in [-0.15, -0.1) is 0 Å². The van der Waals surface area contributed by atoms with Crippen molar-refractivity contribution in [1.29, 1.82) is 0 Å². The lowest BCUT2D eigenvalue weighted by atomic mass is 9.94. The van der Waals surface area contributed by atoms with Gasteiger partial charge < -0.3 is 10.4 Å². The maximum absolute atomic E-state index is 9.14. The Bertz CT molecular complexity index is 282. The Kier molecular flexibility index (Phi) is 4.30. The first-order valence-corrected chi connectivity index (χ1v) is 5.44. The number of benzene rings is 1. The van der Waals surface area contributed by atoms with Gasteiger partial charge in [-0.05, 0) is 12.5 Å². The molecule has 0 spiro atoms. The van der Waals surface area contributed by atoms with Crippen molar-refractivity contribution in [1.82, 2.24) is 5.32 Å². The van der Waals surface area contributed by atoms with Gasteiger partial charge in [0.1, 0.15) is 0 Å². The van der Waals surface area contributed by atoms with Gasteiger partial charge in [-0.1, -0.05) is 44.2 Å². The molecular formula is C13H21NO. The summed E-state index contributed by atoms with van der Waals surface area (Å²) in [4.78, 5) is 0. The molecule has 2 N–H and O–H groups in total. The molecule has 15 heavy (non-hydrogen) atoms. The van der Waals surface area contributed by atoms with Gasteiger partial charge in [0.05, 0.1) is 0 Å². The van der Waals surface area contributed by atoms with Crippen LogP contribution >= 0.6 is 0 Å². The van der Waals surface area contributed by atoms with Crippen LogP contribution in [0.5, 0.6) is 0 Å². The zero-order valence-electron chi connectivity index (χ0n) is 9.83. The van der Waals surface area contributed by atoms with E-state index < -0.39 is 0 Å². The van der Waals surface area contributed by atoms with Crippen molar-refractivity contribution in [3.05, 3.63) is 35.9 Å². The van der Waals surface area contributed by atoms with E-state index in [0.29, 0.717) is 6.04 Å². The second kappa shape index (κ2) is 5.29. The van der Waals surface area contributed by atoms with Crippen LogP contribution < -0.4 is 5.32 Å². The molecule has 0 unspecified atom stereocenters. The van der Waals surface area contributed by atoms with Crippen LogP contribution in [0.1, 0.15) is 32.4 Å². The molecule has 2 nitrogen and oxygen atoms in total. The molecule has 0 aliphatic rings. The number of aliphatic hydroxyl groups excluding tert-OH is 1. The number of rotatable bonds is 5. The van der Waals surface area contributed by atoms with Crippen LogP contribution in [0.4, 0.5) is 0 Å². The van der Waals surface area contributed by atoms with Gasteiger partial charge in [-0.25, -0.2) is 0 Å². The fourth-order valence-corrected chi connectivity index (χ4v) is 1.34. The lowest BCUT2D eigenvalue weighted by Crippen LogP contribution is -2.33. The number of hydrogen-bond acceptors (Lipinski definition) is 2. The van der Waals surface area contributed by atoms with E-state index in [4.69, 9.17) is 5.11 Å². The molecule has 0 saturated heterocycles. The molecule has 0 amide bonds. The lowest BCUT2D eigenvalue weighted by Gasteiger charge is -2.25. The molecule has 0 aromatic heterocycles. The third-order valence-corrected chi connectivity index (χ3v) is 2.61. The Balaban J connectivity index is 2.47. The van der Waals surface area contributed by atoms with Crippen molar-refractivity contribution in [3.8, 4) is 0 Å². The Hall–Kier alpha value is -0.860. The summed E-state index contributed by atoms with van der Waals surface area (Å²) in [7, 11) is 0. The maximum atomic E-state index is 9.14. The minimum absolute atomic E-state index is 0.0525. The molecular weight excluding hydrogens is 186 g/mol. The fourth-order valence-electron chi connectivity index (χ4n) is 1.34. The molecule has 1 aromatic rings. The maximum Gasteiger partial charge on any atom is 0.0494 e. The fraction of sp³-hybridized carbons (Fsp3) is 0.538. The summed E-state index contributed by atoms with van der Waals surface area (Å²) >= 11 is 0. The number of hydrogen-bond donors (Lipinski definition) is 2. The van der Waals surface area contributed by atoms with E-state index in [1.165, 1.54) is 5.56 Å². The molecule has 0 aliphatic carbocycles. The second-order valence-electron chi connectivity index (χ2n) is 4.84. The Morgan fingerprint density at radius 1 is 1.27 bits per heavy atom. The Morgan fingerprint density at radius 3 is 2.40 bits per heavy atom. The highest BCUT2D eigenvalue weighted by Crippen LogP contribution is 2.16. The average molecular weight is 207 g/mol. The summed E-state index contributed by atoms with van der Waals surface area (Å²) in [6.45, 7) is 7.28. The zero-order chi connectivity index (χ0) is 11.3. The van der Waals surface area contributed by atoms with E-state index in [-0.39, 0.29) is 12.0 Å². The Morgan fingerprint density at radius 2 is 1.87 bits per heavy atom. The molecule has 1 aromatic carbocycles. The van der Waals surface area contributed by atoms with E-state index in [1.54, 1.807) is 0 Å². The minimum atomic E-state index is -0.0525. The molecule has 0 saturated carbocycles. The van der Waals surface area contributed by atoms with Crippen LogP contribution in [-0.4, -0.2) is 18.3 Å². The summed E-state index contributed by atoms with van der Waals surface area (Å²) in [5.74, 6) is 0. The van der Waals surface area contributed by atoms with Gasteiger partial charge in [0.15, 0.2) is 0 Å². The molecule has 0 bridgehead atoms. The van der Waals surface area contributed by atoms with Crippen molar-refractivity contribution in [3.63, 3.8) is 0 Å². The summed E-state index contributed by atoms with van der Waals surface area (Å²) in [6, 6.07) is 10.7. The van der Waals surface area contributed by atoms with Crippen molar-refractivity contribution in [2.75, 3.05) is 13.2 Å². The molecule has 0 radical (unpaired) electrons. The molecule has 84 valence electrons. The SMILES string of the molecule is C[C@H](NCC(C)(C)CO)c1ccccc1. The monoisotopic (exact) mass is 207 g/mol. The van der Waals surface area contributed by atoms with E-state index in [1.807, 2.05) is 18.2 Å². The second-order valence-corrected chi connectivity index (χ2v) is 4.84. The first-order valence-electron chi connectivity index (χ1n) is 5.44. The van der Waals surface area contributed by atoms with Gasteiger partial charge in [0, 0.05) is 24.6 Å². The van der Waals surface area contributed by atoms with Gasteiger partial charge in [-0.3, -0.25) is 0 Å². The van der Waals surface area contributed by atoms with E-state index in [2.05, 4.69) is 38.2 Å². The molecule has 0 heterocycles. The van der Waals surface area contributed by atoms with Crippen LogP contribution in [0.3, 0.4) is 0 Å². The van der Waals surface area contributed by atoms with Crippen molar-refractivity contribution < 1.29 is 5.11 Å². The Labute approximate surface area is 92.3 Å². The smallest absolute Gasteiger partial charge is 0.0494 e. The summed E-state index contributed by atoms with van der Waals surface area (Å²) in [5.41, 5.74) is 1.23. The largest absolute Gasteiger partial charge is 0.396 e. The average Bonchev–Trinajstić information content (AvgIpc) is 2.27. The van der Waals surface area contributed by atoms with E-state index in [0.717, 1.165) is 6.54 Å². The highest BCUT2D eigenvalue weighted by Gasteiger charge is 2.17. The third kappa shape index (κ3) is 4.02. The van der Waals surface area contributed by atoms with E-state index >= 15 is 0 Å². The predicted molar refractivity (Wildman–Crippen MR) is 63.7 cm³/mol. The highest BCUT2D eigenvalue weighted by atomic mass is 16.3. The molecule has 0 aliphatic heterocycles.